The molecule has 0 radical (unpaired) electrons. The third kappa shape index (κ3) is 2.72. The summed E-state index contributed by atoms with van der Waals surface area (Å²) in [4.78, 5) is 22.4. The van der Waals surface area contributed by atoms with E-state index < -0.39 is 0 Å². The fraction of sp³-hybridized carbons (Fsp3) is 0.273. The molecule has 4 aromatic rings. The monoisotopic (exact) mass is 371 g/mol. The van der Waals surface area contributed by atoms with E-state index in [2.05, 4.69) is 62.3 Å². The zero-order valence-corrected chi connectivity index (χ0v) is 15.7. The molecule has 140 valence electrons. The number of aldehydes is 1. The number of carbonyl (C=O) groups is 1. The van der Waals surface area contributed by atoms with Crippen molar-refractivity contribution in [2.24, 2.45) is 5.92 Å². The summed E-state index contributed by atoms with van der Waals surface area (Å²) >= 11 is 0. The van der Waals surface area contributed by atoms with Crippen molar-refractivity contribution in [3.63, 3.8) is 0 Å². The van der Waals surface area contributed by atoms with E-state index in [1.165, 1.54) is 11.1 Å². The maximum atomic E-state index is 11.0. The molecule has 0 atom stereocenters. The van der Waals surface area contributed by atoms with Crippen LogP contribution in [0.4, 0.5) is 5.82 Å². The molecule has 0 aliphatic carbocycles. The predicted octanol–water partition coefficient (Wildman–Crippen LogP) is 3.90. The smallest absolute Gasteiger partial charge is 0.139 e. The van der Waals surface area contributed by atoms with Crippen molar-refractivity contribution >= 4 is 33.9 Å². The summed E-state index contributed by atoms with van der Waals surface area (Å²) in [5.74, 6) is 1.13. The molecule has 0 saturated carbocycles. The van der Waals surface area contributed by atoms with E-state index in [0.29, 0.717) is 0 Å². The first-order chi connectivity index (χ1) is 13.7. The fourth-order valence-electron chi connectivity index (χ4n) is 4.21. The highest BCUT2D eigenvalue weighted by molar-refractivity contribution is 5.99. The van der Waals surface area contributed by atoms with Crippen molar-refractivity contribution in [3.8, 4) is 11.1 Å². The molecular weight excluding hydrogens is 350 g/mol. The lowest BCUT2D eigenvalue weighted by Gasteiger charge is -2.31. The van der Waals surface area contributed by atoms with E-state index in [0.717, 1.165) is 65.4 Å². The number of fused-ring (bicyclic) bond motifs is 2. The van der Waals surface area contributed by atoms with Gasteiger partial charge in [-0.15, -0.1) is 0 Å². The Morgan fingerprint density at radius 3 is 2.79 bits per heavy atom. The number of anilines is 1. The lowest BCUT2D eigenvalue weighted by molar-refractivity contribution is -0.111. The highest BCUT2D eigenvalue weighted by Gasteiger charge is 2.21. The molecule has 2 aromatic heterocycles. The molecule has 1 N–H and O–H groups in total. The third-order valence-electron chi connectivity index (χ3n) is 5.77. The van der Waals surface area contributed by atoms with Gasteiger partial charge >= 0.3 is 0 Å². The van der Waals surface area contributed by atoms with E-state index in [4.69, 9.17) is 0 Å². The number of hydrogen-bond donors (Lipinski definition) is 1. The molecule has 1 fully saturated rings. The number of aromatic amines is 1. The van der Waals surface area contributed by atoms with Crippen LogP contribution in [0, 0.1) is 12.8 Å². The molecule has 28 heavy (non-hydrogen) atoms. The number of rotatable bonds is 3. The van der Waals surface area contributed by atoms with Gasteiger partial charge in [-0.05, 0) is 54.7 Å². The standard InChI is InChI=1S/C22H21N5O/c1-14-2-5-19-18(11-25-26-19)21(14)16-3-4-17-20(10-16)23-13-24-22(17)27-8-6-15(12-28)7-9-27/h2-5,10-13,15H,6-9H2,1H3,(H,25,26). The SMILES string of the molecule is Cc1ccc2[nH]ncc2c1-c1ccc2c(N3CCC(C=O)CC3)ncnc2c1. The van der Waals surface area contributed by atoms with Crippen molar-refractivity contribution in [3.05, 3.63) is 48.4 Å². The summed E-state index contributed by atoms with van der Waals surface area (Å²) < 4.78 is 0. The number of carbonyl (C=O) groups excluding carboxylic acids is 1. The molecular formula is C22H21N5O. The average Bonchev–Trinajstić information content (AvgIpc) is 3.21. The van der Waals surface area contributed by atoms with E-state index in [-0.39, 0.29) is 5.92 Å². The Bertz CT molecular complexity index is 1170. The van der Waals surface area contributed by atoms with Crippen LogP contribution in [0.5, 0.6) is 0 Å². The van der Waals surface area contributed by atoms with Gasteiger partial charge < -0.3 is 9.69 Å². The van der Waals surface area contributed by atoms with Gasteiger partial charge in [0, 0.05) is 29.8 Å². The van der Waals surface area contributed by atoms with Crippen molar-refractivity contribution < 1.29 is 4.79 Å². The summed E-state index contributed by atoms with van der Waals surface area (Å²) in [5.41, 5.74) is 5.47. The van der Waals surface area contributed by atoms with Crippen LogP contribution in [0.2, 0.25) is 0 Å². The highest BCUT2D eigenvalue weighted by atomic mass is 16.1. The molecule has 6 nitrogen and oxygen atoms in total. The number of H-pyrrole nitrogens is 1. The Kier molecular flexibility index (Phi) is 4.04. The topological polar surface area (TPSA) is 74.8 Å². The molecule has 0 bridgehead atoms. The minimum Gasteiger partial charge on any atom is -0.356 e. The number of nitrogens with one attached hydrogen (secondary N) is 1. The molecule has 1 saturated heterocycles. The summed E-state index contributed by atoms with van der Waals surface area (Å²) in [6.07, 6.45) is 6.37. The van der Waals surface area contributed by atoms with Gasteiger partial charge in [0.15, 0.2) is 0 Å². The number of benzene rings is 2. The van der Waals surface area contributed by atoms with Crippen LogP contribution in [-0.4, -0.2) is 39.5 Å². The van der Waals surface area contributed by atoms with E-state index in [1.54, 1.807) is 6.33 Å². The summed E-state index contributed by atoms with van der Waals surface area (Å²) in [6.45, 7) is 3.82. The quantitative estimate of drug-likeness (QED) is 0.553. The van der Waals surface area contributed by atoms with Gasteiger partial charge in [0.2, 0.25) is 0 Å². The van der Waals surface area contributed by atoms with Gasteiger partial charge in [0.05, 0.1) is 17.2 Å². The highest BCUT2D eigenvalue weighted by Crippen LogP contribution is 2.34. The van der Waals surface area contributed by atoms with E-state index >= 15 is 0 Å². The lowest BCUT2D eigenvalue weighted by Crippen LogP contribution is -2.34. The van der Waals surface area contributed by atoms with Gasteiger partial charge in [-0.2, -0.15) is 5.10 Å². The van der Waals surface area contributed by atoms with Gasteiger partial charge in [-0.25, -0.2) is 9.97 Å². The number of aromatic nitrogens is 4. The summed E-state index contributed by atoms with van der Waals surface area (Å²) in [6, 6.07) is 10.6. The molecule has 3 heterocycles. The fourth-order valence-corrected chi connectivity index (χ4v) is 4.21. The number of hydrogen-bond acceptors (Lipinski definition) is 5. The molecule has 2 aromatic carbocycles. The van der Waals surface area contributed by atoms with Crippen molar-refractivity contribution in [2.45, 2.75) is 19.8 Å². The Morgan fingerprint density at radius 2 is 1.96 bits per heavy atom. The van der Waals surface area contributed by atoms with Gasteiger partial charge in [0.25, 0.3) is 0 Å². The van der Waals surface area contributed by atoms with Crippen LogP contribution in [0.25, 0.3) is 32.9 Å². The minimum absolute atomic E-state index is 0.175. The van der Waals surface area contributed by atoms with Crippen LogP contribution >= 0.6 is 0 Å². The Labute approximate surface area is 162 Å². The van der Waals surface area contributed by atoms with Crippen LogP contribution in [0.1, 0.15) is 18.4 Å². The number of piperidine rings is 1. The first-order valence-corrected chi connectivity index (χ1v) is 9.62. The molecule has 0 amide bonds. The summed E-state index contributed by atoms with van der Waals surface area (Å²) in [7, 11) is 0. The van der Waals surface area contributed by atoms with Gasteiger partial charge in [0.1, 0.15) is 18.4 Å². The first kappa shape index (κ1) is 16.9. The maximum absolute atomic E-state index is 11.0. The Hall–Kier alpha value is -3.28. The number of nitrogens with zero attached hydrogens (tertiary/aromatic N) is 4. The molecule has 1 aliphatic rings. The second kappa shape index (κ2) is 6.71. The van der Waals surface area contributed by atoms with Crippen molar-refractivity contribution in [1.82, 2.24) is 20.2 Å². The predicted molar refractivity (Wildman–Crippen MR) is 110 cm³/mol. The van der Waals surface area contributed by atoms with Gasteiger partial charge in [-0.1, -0.05) is 12.1 Å². The maximum Gasteiger partial charge on any atom is 0.139 e. The first-order valence-electron chi connectivity index (χ1n) is 9.62. The molecule has 0 unspecified atom stereocenters. The molecule has 1 aliphatic heterocycles. The van der Waals surface area contributed by atoms with Crippen LogP contribution < -0.4 is 4.90 Å². The minimum atomic E-state index is 0.175. The third-order valence-corrected chi connectivity index (χ3v) is 5.77. The second-order valence-corrected chi connectivity index (χ2v) is 7.48. The van der Waals surface area contributed by atoms with E-state index in [1.807, 2.05) is 6.20 Å². The largest absolute Gasteiger partial charge is 0.356 e. The lowest BCUT2D eigenvalue weighted by atomic mass is 9.95. The van der Waals surface area contributed by atoms with E-state index in [9.17, 15) is 4.79 Å². The Morgan fingerprint density at radius 1 is 1.11 bits per heavy atom. The van der Waals surface area contributed by atoms with Crippen LogP contribution in [0.15, 0.2) is 42.9 Å². The average molecular weight is 371 g/mol. The zero-order valence-electron chi connectivity index (χ0n) is 15.7. The summed E-state index contributed by atoms with van der Waals surface area (Å²) in [5, 5.41) is 9.41. The molecule has 0 spiro atoms. The van der Waals surface area contributed by atoms with Crippen LogP contribution in [-0.2, 0) is 4.79 Å². The van der Waals surface area contributed by atoms with Crippen molar-refractivity contribution in [2.75, 3.05) is 18.0 Å². The van der Waals surface area contributed by atoms with Gasteiger partial charge in [-0.3, -0.25) is 5.10 Å². The second-order valence-electron chi connectivity index (χ2n) is 7.48. The Balaban J connectivity index is 1.58. The number of aryl methyl sites for hydroxylation is 1. The molecule has 5 rings (SSSR count). The van der Waals surface area contributed by atoms with Crippen molar-refractivity contribution in [1.29, 1.82) is 0 Å². The zero-order chi connectivity index (χ0) is 19.1. The normalized spacial score (nSPS) is 15.4. The van der Waals surface area contributed by atoms with Crippen LogP contribution in [0.3, 0.4) is 0 Å². The molecule has 6 heteroatoms.